The summed E-state index contributed by atoms with van der Waals surface area (Å²) < 4.78 is 7.92. The van der Waals surface area contributed by atoms with Crippen molar-refractivity contribution in [2.24, 2.45) is 5.73 Å². The number of primary amides is 1. The quantitative estimate of drug-likeness (QED) is 0.385. The molecule has 0 saturated heterocycles. The lowest BCUT2D eigenvalue weighted by Crippen LogP contribution is -2.13. The van der Waals surface area contributed by atoms with Crippen molar-refractivity contribution in [1.29, 1.82) is 0 Å². The first-order valence-electron chi connectivity index (χ1n) is 9.89. The molecule has 0 spiro atoms. The highest BCUT2D eigenvalue weighted by Gasteiger charge is 2.19. The number of carbonyl (C=O) groups is 1. The molecule has 158 valence electrons. The van der Waals surface area contributed by atoms with Gasteiger partial charge in [-0.1, -0.05) is 54.1 Å². The first-order valence-corrected chi connectivity index (χ1v) is 11.1. The second-order valence-electron chi connectivity index (χ2n) is 7.13. The summed E-state index contributed by atoms with van der Waals surface area (Å²) in [7, 11) is 0. The maximum Gasteiger partial charge on any atom is 0.250 e. The molecule has 2 aromatic heterocycles. The number of para-hydroxylation sites is 1. The van der Waals surface area contributed by atoms with E-state index in [2.05, 4.69) is 16.7 Å². The van der Waals surface area contributed by atoms with Crippen LogP contribution in [0.25, 0.3) is 11.4 Å². The van der Waals surface area contributed by atoms with Crippen LogP contribution < -0.4 is 10.5 Å². The van der Waals surface area contributed by atoms with Crippen molar-refractivity contribution in [2.75, 3.05) is 0 Å². The van der Waals surface area contributed by atoms with Gasteiger partial charge in [0, 0.05) is 17.6 Å². The highest BCUT2D eigenvalue weighted by atomic mass is 35.5. The molecule has 4 aromatic rings. The number of hydrogen-bond donors (Lipinski definition) is 1. The molecule has 2 N–H and O–H groups in total. The molecule has 0 atom stereocenters. The third kappa shape index (κ3) is 4.81. The summed E-state index contributed by atoms with van der Waals surface area (Å²) >= 11 is 7.67. The third-order valence-corrected chi connectivity index (χ3v) is 6.24. The second kappa shape index (κ2) is 9.37. The second-order valence-corrected chi connectivity index (χ2v) is 8.48. The van der Waals surface area contributed by atoms with E-state index in [0.29, 0.717) is 22.9 Å². The number of nitrogens with zero attached hydrogens (tertiary/aromatic N) is 2. The Hall–Kier alpha value is -3.09. The van der Waals surface area contributed by atoms with E-state index in [-0.39, 0.29) is 0 Å². The van der Waals surface area contributed by atoms with Gasteiger partial charge < -0.3 is 15.0 Å². The van der Waals surface area contributed by atoms with Gasteiger partial charge in [0.25, 0.3) is 5.91 Å². The van der Waals surface area contributed by atoms with Crippen LogP contribution in [-0.4, -0.2) is 15.5 Å². The number of aromatic nitrogens is 2. The van der Waals surface area contributed by atoms with E-state index < -0.39 is 5.91 Å². The fourth-order valence-corrected chi connectivity index (χ4v) is 4.37. The number of rotatable bonds is 8. The topological polar surface area (TPSA) is 70.1 Å². The Morgan fingerprint density at radius 3 is 2.65 bits per heavy atom. The minimum Gasteiger partial charge on any atom is -0.485 e. The largest absolute Gasteiger partial charge is 0.485 e. The van der Waals surface area contributed by atoms with E-state index in [9.17, 15) is 4.79 Å². The number of nitrogens with two attached hydrogens (primary N) is 1. The zero-order valence-corrected chi connectivity index (χ0v) is 18.6. The van der Waals surface area contributed by atoms with Crippen LogP contribution in [0.3, 0.4) is 0 Å². The Bertz CT molecular complexity index is 1200. The molecule has 0 unspecified atom stereocenters. The predicted octanol–water partition coefficient (Wildman–Crippen LogP) is 5.49. The van der Waals surface area contributed by atoms with Crippen molar-refractivity contribution >= 4 is 28.8 Å². The molecule has 5 nitrogen and oxygen atoms in total. The van der Waals surface area contributed by atoms with Gasteiger partial charge >= 0.3 is 0 Å². The fourth-order valence-electron chi connectivity index (χ4n) is 3.48. The van der Waals surface area contributed by atoms with Crippen LogP contribution in [-0.2, 0) is 19.6 Å². The normalized spacial score (nSPS) is 10.9. The molecule has 4 rings (SSSR count). The molecule has 7 heteroatoms. The van der Waals surface area contributed by atoms with Crippen LogP contribution in [0.5, 0.6) is 5.75 Å². The lowest BCUT2D eigenvalue weighted by atomic mass is 10.1. The molecule has 0 aliphatic carbocycles. The van der Waals surface area contributed by atoms with Gasteiger partial charge in [-0.3, -0.25) is 4.79 Å². The minimum atomic E-state index is -0.435. The molecule has 0 bridgehead atoms. The number of benzene rings is 2. The van der Waals surface area contributed by atoms with Crippen LogP contribution in [0.4, 0.5) is 0 Å². The summed E-state index contributed by atoms with van der Waals surface area (Å²) in [4.78, 5) is 16.7. The number of hydrogen-bond acceptors (Lipinski definition) is 4. The number of thiazole rings is 1. The predicted molar refractivity (Wildman–Crippen MR) is 125 cm³/mol. The summed E-state index contributed by atoms with van der Waals surface area (Å²) in [5.74, 6) is 0.189. The van der Waals surface area contributed by atoms with E-state index in [0.717, 1.165) is 35.1 Å². The van der Waals surface area contributed by atoms with Crippen LogP contribution in [0.15, 0.2) is 66.0 Å². The zero-order chi connectivity index (χ0) is 21.8. The van der Waals surface area contributed by atoms with Crippen molar-refractivity contribution in [3.63, 3.8) is 0 Å². The lowest BCUT2D eigenvalue weighted by molar-refractivity contribution is 0.0999. The van der Waals surface area contributed by atoms with Crippen molar-refractivity contribution in [2.45, 2.75) is 26.5 Å². The maximum absolute atomic E-state index is 11.9. The number of carbonyl (C=O) groups excluding carboxylic acids is 1. The number of ether oxygens (including phenoxy) is 1. The van der Waals surface area contributed by atoms with Gasteiger partial charge in [0.1, 0.15) is 17.4 Å². The first kappa shape index (κ1) is 21.2. The summed E-state index contributed by atoms with van der Waals surface area (Å²) in [6.07, 6.45) is 0.841. The molecule has 0 aliphatic rings. The SMILES string of the molecule is Cc1c(C(N)=O)cc(-c2csc(COc3ccccc3Cl)n2)n1CCc1ccccc1. The van der Waals surface area contributed by atoms with E-state index in [4.69, 9.17) is 27.1 Å². The summed E-state index contributed by atoms with van der Waals surface area (Å²) in [6, 6.07) is 19.4. The summed E-state index contributed by atoms with van der Waals surface area (Å²) in [5.41, 5.74) is 9.88. The Balaban J connectivity index is 1.57. The van der Waals surface area contributed by atoms with Gasteiger partial charge in [-0.05, 0) is 37.1 Å². The molecule has 0 aliphatic heterocycles. The average Bonchev–Trinajstić information content (AvgIpc) is 3.37. The maximum atomic E-state index is 11.9. The zero-order valence-electron chi connectivity index (χ0n) is 17.0. The standard InChI is InChI=1S/C24H22ClN3O2S/c1-16-18(24(26)29)13-21(28(16)12-11-17-7-3-2-4-8-17)20-15-31-23(27-20)14-30-22-10-6-5-9-19(22)25/h2-10,13,15H,11-12,14H2,1H3,(H2,26,29). The highest BCUT2D eigenvalue weighted by Crippen LogP contribution is 2.29. The molecular formula is C24H22ClN3O2S. The third-order valence-electron chi connectivity index (χ3n) is 5.10. The van der Waals surface area contributed by atoms with Crippen LogP contribution in [0.2, 0.25) is 5.02 Å². The van der Waals surface area contributed by atoms with Crippen LogP contribution in [0, 0.1) is 6.92 Å². The van der Waals surface area contributed by atoms with Crippen molar-refractivity contribution in [3.05, 3.63) is 92.9 Å². The van der Waals surface area contributed by atoms with Gasteiger partial charge in [-0.25, -0.2) is 4.98 Å². The van der Waals surface area contributed by atoms with E-state index >= 15 is 0 Å². The first-order chi connectivity index (χ1) is 15.0. The summed E-state index contributed by atoms with van der Waals surface area (Å²) in [5, 5.41) is 3.36. The van der Waals surface area contributed by atoms with Gasteiger partial charge in [0.15, 0.2) is 0 Å². The average molecular weight is 452 g/mol. The molecule has 2 aromatic carbocycles. The van der Waals surface area contributed by atoms with Gasteiger partial charge in [0.2, 0.25) is 0 Å². The summed E-state index contributed by atoms with van der Waals surface area (Å²) in [6.45, 7) is 2.96. The van der Waals surface area contributed by atoms with Crippen LogP contribution in [0.1, 0.15) is 26.6 Å². The van der Waals surface area contributed by atoms with Crippen LogP contribution >= 0.6 is 22.9 Å². The molecule has 31 heavy (non-hydrogen) atoms. The molecule has 0 radical (unpaired) electrons. The number of aryl methyl sites for hydroxylation is 1. The van der Waals surface area contributed by atoms with Gasteiger partial charge in [-0.2, -0.15) is 0 Å². The molecule has 1 amide bonds. The van der Waals surface area contributed by atoms with E-state index in [1.54, 1.807) is 6.07 Å². The number of amides is 1. The molecule has 0 fully saturated rings. The minimum absolute atomic E-state index is 0.320. The lowest BCUT2D eigenvalue weighted by Gasteiger charge is -2.11. The Morgan fingerprint density at radius 2 is 1.90 bits per heavy atom. The van der Waals surface area contributed by atoms with Gasteiger partial charge in [0.05, 0.1) is 22.0 Å². The number of halogens is 1. The Morgan fingerprint density at radius 1 is 1.16 bits per heavy atom. The Kier molecular flexibility index (Phi) is 6.39. The fraction of sp³-hybridized carbons (Fsp3) is 0.167. The van der Waals surface area contributed by atoms with Gasteiger partial charge in [-0.15, -0.1) is 11.3 Å². The van der Waals surface area contributed by atoms with E-state index in [1.165, 1.54) is 16.9 Å². The van der Waals surface area contributed by atoms with Crippen molar-refractivity contribution in [3.8, 4) is 17.1 Å². The molecule has 2 heterocycles. The van der Waals surface area contributed by atoms with Crippen molar-refractivity contribution in [1.82, 2.24) is 9.55 Å². The molecule has 0 saturated carbocycles. The molecular weight excluding hydrogens is 430 g/mol. The Labute approximate surface area is 190 Å². The highest BCUT2D eigenvalue weighted by molar-refractivity contribution is 7.09. The van der Waals surface area contributed by atoms with Crippen molar-refractivity contribution < 1.29 is 9.53 Å². The smallest absolute Gasteiger partial charge is 0.250 e. The van der Waals surface area contributed by atoms with E-state index in [1.807, 2.05) is 54.8 Å². The monoisotopic (exact) mass is 451 g/mol.